The summed E-state index contributed by atoms with van der Waals surface area (Å²) in [5.74, 6) is -2.81. The van der Waals surface area contributed by atoms with Gasteiger partial charge in [-0.3, -0.25) is 19.3 Å². The van der Waals surface area contributed by atoms with Gasteiger partial charge in [0.2, 0.25) is 5.91 Å². The number of amides is 4. The molecule has 0 saturated carbocycles. The average Bonchev–Trinajstić information content (AvgIpc) is 2.91. The number of fused-ring (bicyclic) bond motifs is 1. The summed E-state index contributed by atoms with van der Waals surface area (Å²) in [6, 6.07) is 12.5. The van der Waals surface area contributed by atoms with Gasteiger partial charge in [0.25, 0.3) is 5.91 Å². The Kier molecular flexibility index (Phi) is 5.28. The Morgan fingerprint density at radius 1 is 1.17 bits per heavy atom. The first-order valence-electron chi connectivity index (χ1n) is 9.23. The molecule has 0 spiro atoms. The summed E-state index contributed by atoms with van der Waals surface area (Å²) in [6.45, 7) is 2.63. The van der Waals surface area contributed by atoms with Gasteiger partial charge in [-0.1, -0.05) is 43.3 Å². The van der Waals surface area contributed by atoms with E-state index in [2.05, 4.69) is 5.32 Å². The molecular formula is C21H23N3O5. The highest BCUT2D eigenvalue weighted by molar-refractivity contribution is 6.09. The van der Waals surface area contributed by atoms with Crippen LogP contribution in [0.15, 0.2) is 42.5 Å². The molecule has 1 saturated heterocycles. The molecule has 4 amide bonds. The monoisotopic (exact) mass is 397 g/mol. The third kappa shape index (κ3) is 3.78. The van der Waals surface area contributed by atoms with Crippen molar-refractivity contribution < 1.29 is 24.3 Å². The zero-order valence-corrected chi connectivity index (χ0v) is 16.5. The molecule has 3 rings (SSSR count). The number of benzene rings is 2. The van der Waals surface area contributed by atoms with Gasteiger partial charge in [0.05, 0.1) is 5.92 Å². The van der Waals surface area contributed by atoms with Crippen LogP contribution in [0, 0.1) is 5.92 Å². The molecule has 2 aromatic carbocycles. The minimum Gasteiger partial charge on any atom is -0.481 e. The van der Waals surface area contributed by atoms with Gasteiger partial charge in [0, 0.05) is 13.6 Å². The topological polar surface area (TPSA) is 107 Å². The Hall–Kier alpha value is -3.42. The molecule has 0 radical (unpaired) electrons. The molecule has 1 aliphatic rings. The number of hydrogen-bond acceptors (Lipinski definition) is 4. The first kappa shape index (κ1) is 20.3. The van der Waals surface area contributed by atoms with Crippen LogP contribution in [0.2, 0.25) is 0 Å². The largest absolute Gasteiger partial charge is 0.481 e. The van der Waals surface area contributed by atoms with E-state index in [1.54, 1.807) is 13.0 Å². The molecule has 0 aliphatic carbocycles. The summed E-state index contributed by atoms with van der Waals surface area (Å²) in [5.41, 5.74) is -0.661. The molecule has 8 heteroatoms. The number of carbonyl (C=O) groups excluding carboxylic acids is 3. The fraction of sp³-hybridized carbons (Fsp3) is 0.333. The van der Waals surface area contributed by atoms with E-state index in [0.717, 1.165) is 15.7 Å². The van der Waals surface area contributed by atoms with E-state index < -0.39 is 41.8 Å². The molecule has 0 aromatic heterocycles. The Morgan fingerprint density at radius 2 is 1.83 bits per heavy atom. The zero-order chi connectivity index (χ0) is 21.3. The van der Waals surface area contributed by atoms with Crippen LogP contribution in [0.3, 0.4) is 0 Å². The van der Waals surface area contributed by atoms with Crippen molar-refractivity contribution in [2.75, 3.05) is 20.1 Å². The lowest BCUT2D eigenvalue weighted by Gasteiger charge is -2.24. The van der Waals surface area contributed by atoms with Crippen LogP contribution < -0.4 is 5.32 Å². The number of rotatable bonds is 6. The lowest BCUT2D eigenvalue weighted by molar-refractivity contribution is -0.144. The summed E-state index contributed by atoms with van der Waals surface area (Å²) >= 11 is 0. The fourth-order valence-electron chi connectivity index (χ4n) is 3.38. The van der Waals surface area contributed by atoms with Gasteiger partial charge in [-0.25, -0.2) is 4.79 Å². The highest BCUT2D eigenvalue weighted by Gasteiger charge is 2.49. The molecule has 2 aromatic rings. The van der Waals surface area contributed by atoms with Gasteiger partial charge in [-0.15, -0.1) is 0 Å². The van der Waals surface area contributed by atoms with E-state index in [0.29, 0.717) is 5.56 Å². The van der Waals surface area contributed by atoms with E-state index in [9.17, 15) is 19.2 Å². The van der Waals surface area contributed by atoms with Crippen LogP contribution in [-0.2, 0) is 19.9 Å². The summed E-state index contributed by atoms with van der Waals surface area (Å²) in [4.78, 5) is 51.0. The second-order valence-electron chi connectivity index (χ2n) is 7.52. The number of carboxylic acids is 1. The van der Waals surface area contributed by atoms with Gasteiger partial charge in [-0.05, 0) is 29.3 Å². The van der Waals surface area contributed by atoms with E-state index in [-0.39, 0.29) is 6.54 Å². The Bertz CT molecular complexity index is 1000. The van der Waals surface area contributed by atoms with Crippen molar-refractivity contribution >= 4 is 34.6 Å². The number of carbonyl (C=O) groups is 4. The summed E-state index contributed by atoms with van der Waals surface area (Å²) in [5, 5.41) is 13.6. The molecule has 8 nitrogen and oxygen atoms in total. The molecule has 1 aliphatic heterocycles. The van der Waals surface area contributed by atoms with Crippen molar-refractivity contribution in [3.8, 4) is 0 Å². The number of hydrogen-bond donors (Lipinski definition) is 2. The SMILES string of the molecule is CC(CN(C)C(=O)CN1C(=O)NC(C)(c2ccc3ccccc3c2)C1=O)C(=O)O. The van der Waals surface area contributed by atoms with E-state index in [1.165, 1.54) is 18.9 Å². The number of likely N-dealkylation sites (N-methyl/N-ethyl adjacent to an activating group) is 1. The molecule has 0 bridgehead atoms. The van der Waals surface area contributed by atoms with Crippen LogP contribution in [0.1, 0.15) is 19.4 Å². The van der Waals surface area contributed by atoms with Crippen LogP contribution in [0.5, 0.6) is 0 Å². The maximum absolute atomic E-state index is 13.0. The quantitative estimate of drug-likeness (QED) is 0.723. The lowest BCUT2D eigenvalue weighted by Crippen LogP contribution is -2.44. The third-order valence-corrected chi connectivity index (χ3v) is 5.29. The van der Waals surface area contributed by atoms with Crippen molar-refractivity contribution in [1.82, 2.24) is 15.1 Å². The maximum atomic E-state index is 13.0. The first-order valence-corrected chi connectivity index (χ1v) is 9.23. The zero-order valence-electron chi connectivity index (χ0n) is 16.5. The number of nitrogens with zero attached hydrogens (tertiary/aromatic N) is 2. The minimum absolute atomic E-state index is 0.0141. The van der Waals surface area contributed by atoms with Crippen molar-refractivity contribution in [2.45, 2.75) is 19.4 Å². The van der Waals surface area contributed by atoms with Crippen molar-refractivity contribution in [2.24, 2.45) is 5.92 Å². The van der Waals surface area contributed by atoms with Crippen molar-refractivity contribution in [3.05, 3.63) is 48.0 Å². The smallest absolute Gasteiger partial charge is 0.325 e. The predicted molar refractivity (Wildman–Crippen MR) is 106 cm³/mol. The second kappa shape index (κ2) is 7.54. The molecule has 2 atom stereocenters. The average molecular weight is 397 g/mol. The standard InChI is InChI=1S/C21H23N3O5/c1-13(18(26)27)11-23(3)17(25)12-24-19(28)21(2,22-20(24)29)16-9-8-14-6-4-5-7-15(14)10-16/h4-10,13H,11-12H2,1-3H3,(H,22,29)(H,26,27). The van der Waals surface area contributed by atoms with Crippen LogP contribution in [0.4, 0.5) is 4.79 Å². The second-order valence-corrected chi connectivity index (χ2v) is 7.52. The van der Waals surface area contributed by atoms with Gasteiger partial charge >= 0.3 is 12.0 Å². The first-order chi connectivity index (χ1) is 13.6. The fourth-order valence-corrected chi connectivity index (χ4v) is 3.38. The highest BCUT2D eigenvalue weighted by Crippen LogP contribution is 2.31. The molecule has 29 heavy (non-hydrogen) atoms. The third-order valence-electron chi connectivity index (χ3n) is 5.29. The number of urea groups is 1. The highest BCUT2D eigenvalue weighted by atomic mass is 16.4. The Balaban J connectivity index is 1.79. The van der Waals surface area contributed by atoms with Gasteiger partial charge in [-0.2, -0.15) is 0 Å². The summed E-state index contributed by atoms with van der Waals surface area (Å²) < 4.78 is 0. The molecule has 2 unspecified atom stereocenters. The van der Waals surface area contributed by atoms with Gasteiger partial charge in [0.1, 0.15) is 12.1 Å². The Labute approximate surface area is 168 Å². The van der Waals surface area contributed by atoms with Crippen LogP contribution in [-0.4, -0.2) is 58.9 Å². The number of aliphatic carboxylic acids is 1. The lowest BCUT2D eigenvalue weighted by atomic mass is 9.90. The van der Waals surface area contributed by atoms with Crippen LogP contribution >= 0.6 is 0 Å². The minimum atomic E-state index is -1.28. The maximum Gasteiger partial charge on any atom is 0.325 e. The van der Waals surface area contributed by atoms with E-state index in [1.807, 2.05) is 36.4 Å². The van der Waals surface area contributed by atoms with Gasteiger partial charge < -0.3 is 15.3 Å². The normalized spacial score (nSPS) is 19.9. The molecule has 1 heterocycles. The van der Waals surface area contributed by atoms with Crippen LogP contribution in [0.25, 0.3) is 10.8 Å². The van der Waals surface area contributed by atoms with E-state index >= 15 is 0 Å². The van der Waals surface area contributed by atoms with Crippen molar-refractivity contribution in [3.63, 3.8) is 0 Å². The van der Waals surface area contributed by atoms with Crippen molar-refractivity contribution in [1.29, 1.82) is 0 Å². The predicted octanol–water partition coefficient (Wildman–Crippen LogP) is 1.79. The summed E-state index contributed by atoms with van der Waals surface area (Å²) in [7, 11) is 1.45. The van der Waals surface area contributed by atoms with E-state index in [4.69, 9.17) is 5.11 Å². The Morgan fingerprint density at radius 3 is 2.48 bits per heavy atom. The van der Waals surface area contributed by atoms with Gasteiger partial charge in [0.15, 0.2) is 0 Å². The molecule has 1 fully saturated rings. The molecule has 2 N–H and O–H groups in total. The number of nitrogens with one attached hydrogen (secondary N) is 1. The summed E-state index contributed by atoms with van der Waals surface area (Å²) in [6.07, 6.45) is 0. The molecular weight excluding hydrogens is 374 g/mol. The number of imide groups is 1. The molecule has 152 valence electrons. The number of carboxylic acid groups (broad SMARTS) is 1.